The van der Waals surface area contributed by atoms with E-state index < -0.39 is 0 Å². The number of nitrogens with zero attached hydrogens (tertiary/aromatic N) is 2. The molecule has 0 rings (SSSR count). The highest BCUT2D eigenvalue weighted by Crippen LogP contribution is 2.27. The molecule has 0 heterocycles. The van der Waals surface area contributed by atoms with Crippen LogP contribution < -0.4 is 0 Å². The van der Waals surface area contributed by atoms with Gasteiger partial charge in [-0.15, -0.1) is 0 Å². The van der Waals surface area contributed by atoms with Crippen molar-refractivity contribution in [2.75, 3.05) is 50.9 Å². The number of esters is 2. The summed E-state index contributed by atoms with van der Waals surface area (Å²) < 4.78 is 11.7. The van der Waals surface area contributed by atoms with Gasteiger partial charge in [0, 0.05) is 43.4 Å². The van der Waals surface area contributed by atoms with Gasteiger partial charge in [0.2, 0.25) is 5.91 Å². The van der Waals surface area contributed by atoms with Crippen LogP contribution in [0.5, 0.6) is 0 Å². The van der Waals surface area contributed by atoms with Crippen molar-refractivity contribution in [2.24, 2.45) is 11.8 Å². The summed E-state index contributed by atoms with van der Waals surface area (Å²) in [4.78, 5) is 44.5. The zero-order chi connectivity index (χ0) is 52.8. The lowest BCUT2D eigenvalue weighted by Gasteiger charge is -2.33. The third-order valence-electron chi connectivity index (χ3n) is 15.3. The standard InChI is InChI=1S/C63H124N2O5S2/c1-8-15-20-32-43-58(44-33-21-16-9-2)56-69-62(67)49-38-30-26-24-28-36-47-60(65(53-41-40-52-64(13-6)14-7)61(66)51-55-72-71-54-42-19-12-5)48-37-29-25-27-31-39-50-63(68)70-57-59(45-34-22-17-10-3)46-35-23-18-11-4/h58-60H,8-57H2,1-7H3. The molecule has 0 aromatic heterocycles. The third kappa shape index (κ3) is 46.4. The monoisotopic (exact) mass is 1050 g/mol. The highest BCUT2D eigenvalue weighted by Gasteiger charge is 2.23. The van der Waals surface area contributed by atoms with Crippen molar-refractivity contribution in [1.82, 2.24) is 9.80 Å². The molecule has 1 amide bonds. The van der Waals surface area contributed by atoms with Crippen molar-refractivity contribution in [1.29, 1.82) is 0 Å². The molecule has 0 aliphatic heterocycles. The first kappa shape index (κ1) is 71.1. The summed E-state index contributed by atoms with van der Waals surface area (Å²) in [5.74, 6) is 3.49. The van der Waals surface area contributed by atoms with Crippen LogP contribution in [-0.2, 0) is 23.9 Å². The lowest BCUT2D eigenvalue weighted by atomic mass is 9.95. The van der Waals surface area contributed by atoms with Crippen molar-refractivity contribution in [3.8, 4) is 0 Å². The highest BCUT2D eigenvalue weighted by molar-refractivity contribution is 8.76. The molecule has 428 valence electrons. The van der Waals surface area contributed by atoms with Gasteiger partial charge in [-0.2, -0.15) is 0 Å². The number of carbonyl (C=O) groups is 3. The van der Waals surface area contributed by atoms with Gasteiger partial charge in [-0.1, -0.05) is 250 Å². The molecular weight excluding hydrogens is 929 g/mol. The Morgan fingerprint density at radius 2 is 0.708 bits per heavy atom. The van der Waals surface area contributed by atoms with Crippen LogP contribution in [0, 0.1) is 11.8 Å². The Bertz CT molecular complexity index is 1070. The fourth-order valence-electron chi connectivity index (χ4n) is 10.3. The Kier molecular flexibility index (Phi) is 55.6. The Morgan fingerprint density at radius 1 is 0.361 bits per heavy atom. The van der Waals surface area contributed by atoms with Crippen molar-refractivity contribution in [3.05, 3.63) is 0 Å². The van der Waals surface area contributed by atoms with Gasteiger partial charge < -0.3 is 19.3 Å². The quantitative estimate of drug-likeness (QED) is 0.0339. The number of carbonyl (C=O) groups excluding carboxylic acids is 3. The van der Waals surface area contributed by atoms with Crippen LogP contribution >= 0.6 is 21.6 Å². The molecule has 9 heteroatoms. The Labute approximate surface area is 457 Å². The van der Waals surface area contributed by atoms with E-state index in [4.69, 9.17) is 9.47 Å². The van der Waals surface area contributed by atoms with Crippen molar-refractivity contribution >= 4 is 39.4 Å². The van der Waals surface area contributed by atoms with E-state index in [0.717, 1.165) is 109 Å². The summed E-state index contributed by atoms with van der Waals surface area (Å²) >= 11 is 0. The van der Waals surface area contributed by atoms with E-state index >= 15 is 0 Å². The van der Waals surface area contributed by atoms with E-state index in [1.807, 2.05) is 21.6 Å². The molecule has 0 aromatic carbocycles. The summed E-state index contributed by atoms with van der Waals surface area (Å²) in [7, 11) is 3.84. The van der Waals surface area contributed by atoms with Crippen LogP contribution in [0.15, 0.2) is 0 Å². The molecule has 0 spiro atoms. The number of hydrogen-bond donors (Lipinski definition) is 0. The van der Waals surface area contributed by atoms with Gasteiger partial charge in [0.05, 0.1) is 13.2 Å². The molecule has 0 atom stereocenters. The van der Waals surface area contributed by atoms with Crippen LogP contribution in [-0.4, -0.2) is 84.6 Å². The van der Waals surface area contributed by atoms with Gasteiger partial charge in [-0.25, -0.2) is 0 Å². The molecule has 0 unspecified atom stereocenters. The zero-order valence-corrected chi connectivity index (χ0v) is 51.0. The molecule has 0 fully saturated rings. The maximum atomic E-state index is 14.2. The summed E-state index contributed by atoms with van der Waals surface area (Å²) in [6.07, 6.45) is 48.6. The molecule has 0 N–H and O–H groups in total. The average molecular weight is 1050 g/mol. The van der Waals surface area contributed by atoms with Crippen LogP contribution in [0.1, 0.15) is 318 Å². The molecule has 7 nitrogen and oxygen atoms in total. The molecule has 0 bridgehead atoms. The van der Waals surface area contributed by atoms with E-state index in [-0.39, 0.29) is 11.9 Å². The minimum atomic E-state index is 0.000419. The Morgan fingerprint density at radius 3 is 1.12 bits per heavy atom. The van der Waals surface area contributed by atoms with Gasteiger partial charge in [-0.05, 0) is 102 Å². The Hall–Kier alpha value is -0.930. The first-order valence-corrected chi connectivity index (χ1v) is 34.4. The molecule has 72 heavy (non-hydrogen) atoms. The van der Waals surface area contributed by atoms with Gasteiger partial charge in [0.25, 0.3) is 0 Å². The first-order chi connectivity index (χ1) is 35.3. The van der Waals surface area contributed by atoms with Crippen LogP contribution in [0.25, 0.3) is 0 Å². The number of ether oxygens (including phenoxy) is 2. The lowest BCUT2D eigenvalue weighted by Crippen LogP contribution is -2.41. The molecule has 0 aliphatic rings. The maximum Gasteiger partial charge on any atom is 0.305 e. The number of hydrogen-bond acceptors (Lipinski definition) is 8. The number of rotatable bonds is 58. The number of amides is 1. The summed E-state index contributed by atoms with van der Waals surface area (Å²) in [5.41, 5.74) is 0. The lowest BCUT2D eigenvalue weighted by molar-refractivity contribution is -0.146. The summed E-state index contributed by atoms with van der Waals surface area (Å²) in [5, 5.41) is 0. The van der Waals surface area contributed by atoms with Gasteiger partial charge in [-0.3, -0.25) is 14.4 Å². The third-order valence-corrected chi connectivity index (χ3v) is 17.7. The predicted octanol–water partition coefficient (Wildman–Crippen LogP) is 19.7. The minimum Gasteiger partial charge on any atom is -0.465 e. The smallest absolute Gasteiger partial charge is 0.305 e. The normalized spacial score (nSPS) is 11.8. The average Bonchev–Trinajstić information content (AvgIpc) is 3.38. The fraction of sp³-hybridized carbons (Fsp3) is 0.952. The van der Waals surface area contributed by atoms with E-state index in [9.17, 15) is 14.4 Å². The topological polar surface area (TPSA) is 76.2 Å². The highest BCUT2D eigenvalue weighted by atomic mass is 33.1. The van der Waals surface area contributed by atoms with Gasteiger partial charge in [0.15, 0.2) is 0 Å². The molecule has 0 radical (unpaired) electrons. The van der Waals surface area contributed by atoms with Crippen molar-refractivity contribution in [3.63, 3.8) is 0 Å². The predicted molar refractivity (Wildman–Crippen MR) is 319 cm³/mol. The Balaban J connectivity index is 5.23. The fourth-order valence-corrected chi connectivity index (χ4v) is 12.4. The summed E-state index contributed by atoms with van der Waals surface area (Å²) in [6, 6.07) is 0.307. The molecule has 0 aliphatic carbocycles. The van der Waals surface area contributed by atoms with E-state index in [0.29, 0.717) is 56.3 Å². The zero-order valence-electron chi connectivity index (χ0n) is 49.3. The maximum absolute atomic E-state index is 14.2. The van der Waals surface area contributed by atoms with E-state index in [1.165, 1.54) is 179 Å². The number of unbranched alkanes of at least 4 members (excludes halogenated alkanes) is 25. The largest absolute Gasteiger partial charge is 0.465 e. The molecule has 0 saturated heterocycles. The van der Waals surface area contributed by atoms with Crippen LogP contribution in [0.2, 0.25) is 0 Å². The van der Waals surface area contributed by atoms with Crippen LogP contribution in [0.3, 0.4) is 0 Å². The van der Waals surface area contributed by atoms with Gasteiger partial charge in [0.1, 0.15) is 0 Å². The van der Waals surface area contributed by atoms with Crippen molar-refractivity contribution < 1.29 is 23.9 Å². The van der Waals surface area contributed by atoms with E-state index in [2.05, 4.69) is 58.3 Å². The first-order valence-electron chi connectivity index (χ1n) is 31.9. The van der Waals surface area contributed by atoms with Gasteiger partial charge >= 0.3 is 11.9 Å². The minimum absolute atomic E-state index is 0.000419. The summed E-state index contributed by atoms with van der Waals surface area (Å²) in [6.45, 7) is 21.2. The van der Waals surface area contributed by atoms with Crippen LogP contribution in [0.4, 0.5) is 0 Å². The molecule has 0 aromatic rings. The van der Waals surface area contributed by atoms with E-state index in [1.54, 1.807) is 0 Å². The second kappa shape index (κ2) is 56.3. The SMILES string of the molecule is CCCCCCC(CCCCCC)COC(=O)CCCCCCCCC(CCCCCCCCC(=O)OCC(CCCCCC)CCCCCC)N(CCCCN(CC)CC)C(=O)CCSSCCCCC. The van der Waals surface area contributed by atoms with Crippen molar-refractivity contribution in [2.45, 2.75) is 324 Å². The molecular formula is C63H124N2O5S2. The second-order valence-electron chi connectivity index (χ2n) is 21.9. The second-order valence-corrected chi connectivity index (χ2v) is 24.6. The molecule has 0 saturated carbocycles.